The monoisotopic (exact) mass is 303 g/mol. The summed E-state index contributed by atoms with van der Waals surface area (Å²) in [6.07, 6.45) is 5.72. The van der Waals surface area contributed by atoms with Crippen molar-refractivity contribution in [3.63, 3.8) is 0 Å². The fourth-order valence-electron chi connectivity index (χ4n) is 2.71. The van der Waals surface area contributed by atoms with Gasteiger partial charge in [-0.2, -0.15) is 0 Å². The van der Waals surface area contributed by atoms with Gasteiger partial charge in [-0.15, -0.1) is 0 Å². The zero-order valence-corrected chi connectivity index (χ0v) is 13.5. The van der Waals surface area contributed by atoms with E-state index in [2.05, 4.69) is 24.1 Å². The number of hydrogen-bond acceptors (Lipinski definition) is 3. The minimum Gasteiger partial charge on any atom is -0.352 e. The summed E-state index contributed by atoms with van der Waals surface area (Å²) in [5.74, 6) is 0.310. The lowest BCUT2D eigenvalue weighted by Gasteiger charge is -2.30. The number of amides is 2. The zero-order chi connectivity index (χ0) is 15.9. The van der Waals surface area contributed by atoms with Gasteiger partial charge in [-0.25, -0.2) is 0 Å². The van der Waals surface area contributed by atoms with E-state index in [9.17, 15) is 9.59 Å². The third-order valence-corrected chi connectivity index (χ3v) is 4.00. The van der Waals surface area contributed by atoms with E-state index >= 15 is 0 Å². The maximum atomic E-state index is 12.5. The van der Waals surface area contributed by atoms with Crippen LogP contribution in [0.4, 0.5) is 0 Å². The Morgan fingerprint density at radius 2 is 2.27 bits per heavy atom. The summed E-state index contributed by atoms with van der Waals surface area (Å²) in [7, 11) is 0. The number of likely N-dealkylation sites (tertiary alicyclic amines) is 1. The predicted octanol–water partition coefficient (Wildman–Crippen LogP) is 2.48. The van der Waals surface area contributed by atoms with E-state index < -0.39 is 0 Å². The van der Waals surface area contributed by atoms with Crippen molar-refractivity contribution < 1.29 is 9.59 Å². The van der Waals surface area contributed by atoms with Crippen molar-refractivity contribution >= 4 is 11.8 Å². The van der Waals surface area contributed by atoms with Crippen LogP contribution in [-0.2, 0) is 0 Å². The van der Waals surface area contributed by atoms with E-state index in [0.717, 1.165) is 38.8 Å². The molecule has 1 fully saturated rings. The summed E-state index contributed by atoms with van der Waals surface area (Å²) in [5.41, 5.74) is 0.858. The molecule has 5 heteroatoms. The molecule has 0 radical (unpaired) electrons. The van der Waals surface area contributed by atoms with Crippen molar-refractivity contribution in [1.29, 1.82) is 0 Å². The zero-order valence-electron chi connectivity index (χ0n) is 13.5. The van der Waals surface area contributed by atoms with Crippen molar-refractivity contribution in [2.75, 3.05) is 19.6 Å². The Hall–Kier alpha value is -1.91. The summed E-state index contributed by atoms with van der Waals surface area (Å²) in [6.45, 7) is 6.44. The summed E-state index contributed by atoms with van der Waals surface area (Å²) < 4.78 is 0. The largest absolute Gasteiger partial charge is 0.352 e. The molecule has 2 rings (SSSR count). The number of aromatic nitrogens is 1. The van der Waals surface area contributed by atoms with E-state index in [4.69, 9.17) is 0 Å². The fourth-order valence-corrected chi connectivity index (χ4v) is 2.71. The maximum Gasteiger partial charge on any atom is 0.272 e. The number of pyridine rings is 1. The SMILES string of the molecule is CCCCNC(=O)c1ccnc(C(=O)N2CCCC(C)C2)c1. The molecule has 2 amide bonds. The summed E-state index contributed by atoms with van der Waals surface area (Å²) >= 11 is 0. The Balaban J connectivity index is 2.04. The van der Waals surface area contributed by atoms with Gasteiger partial charge < -0.3 is 10.2 Å². The number of nitrogens with one attached hydrogen (secondary N) is 1. The third kappa shape index (κ3) is 4.29. The first-order valence-electron chi connectivity index (χ1n) is 8.15. The van der Waals surface area contributed by atoms with Gasteiger partial charge in [-0.05, 0) is 37.3 Å². The molecule has 0 bridgehead atoms. The molecule has 1 N–H and O–H groups in total. The van der Waals surface area contributed by atoms with Crippen molar-refractivity contribution in [2.45, 2.75) is 39.5 Å². The highest BCUT2D eigenvalue weighted by atomic mass is 16.2. The first-order valence-corrected chi connectivity index (χ1v) is 8.15. The standard InChI is InChI=1S/C17H25N3O2/c1-3-4-8-19-16(21)14-7-9-18-15(11-14)17(22)20-10-5-6-13(2)12-20/h7,9,11,13H,3-6,8,10,12H2,1-2H3,(H,19,21). The third-order valence-electron chi connectivity index (χ3n) is 4.00. The van der Waals surface area contributed by atoms with Crippen LogP contribution in [0.5, 0.6) is 0 Å². The van der Waals surface area contributed by atoms with Crippen LogP contribution in [0.15, 0.2) is 18.3 Å². The molecule has 1 aromatic heterocycles. The molecule has 2 heterocycles. The number of hydrogen-bond donors (Lipinski definition) is 1. The second kappa shape index (κ2) is 7.92. The highest BCUT2D eigenvalue weighted by molar-refractivity contribution is 5.98. The van der Waals surface area contributed by atoms with Crippen molar-refractivity contribution in [3.05, 3.63) is 29.6 Å². The van der Waals surface area contributed by atoms with Gasteiger partial charge in [0.25, 0.3) is 11.8 Å². The minimum atomic E-state index is -0.142. The first-order chi connectivity index (χ1) is 10.6. The lowest BCUT2D eigenvalue weighted by molar-refractivity contribution is 0.0677. The van der Waals surface area contributed by atoms with E-state index in [-0.39, 0.29) is 11.8 Å². The number of piperidine rings is 1. The maximum absolute atomic E-state index is 12.5. The van der Waals surface area contributed by atoms with Gasteiger partial charge in [0.1, 0.15) is 5.69 Å². The molecular formula is C17H25N3O2. The molecule has 1 aromatic rings. The molecule has 1 saturated heterocycles. The Kier molecular flexibility index (Phi) is 5.92. The van der Waals surface area contributed by atoms with Crippen LogP contribution in [0.25, 0.3) is 0 Å². The van der Waals surface area contributed by atoms with Gasteiger partial charge in [-0.1, -0.05) is 20.3 Å². The normalized spacial score (nSPS) is 18.1. The Morgan fingerprint density at radius 1 is 1.45 bits per heavy atom. The van der Waals surface area contributed by atoms with Crippen LogP contribution >= 0.6 is 0 Å². The second-order valence-corrected chi connectivity index (χ2v) is 6.04. The highest BCUT2D eigenvalue weighted by Crippen LogP contribution is 2.17. The molecule has 0 aliphatic carbocycles. The number of nitrogens with zero attached hydrogens (tertiary/aromatic N) is 2. The van der Waals surface area contributed by atoms with E-state index in [1.165, 1.54) is 6.20 Å². The lowest BCUT2D eigenvalue weighted by Crippen LogP contribution is -2.39. The van der Waals surface area contributed by atoms with Crippen molar-refractivity contribution in [2.24, 2.45) is 5.92 Å². The Morgan fingerprint density at radius 3 is 3.00 bits per heavy atom. The molecule has 1 unspecified atom stereocenters. The first kappa shape index (κ1) is 16.5. The Labute approximate surface area is 132 Å². The summed E-state index contributed by atoms with van der Waals surface area (Å²) in [6, 6.07) is 3.25. The van der Waals surface area contributed by atoms with E-state index in [0.29, 0.717) is 23.7 Å². The summed E-state index contributed by atoms with van der Waals surface area (Å²) in [5, 5.41) is 2.86. The minimum absolute atomic E-state index is 0.0743. The molecule has 1 atom stereocenters. The topological polar surface area (TPSA) is 62.3 Å². The lowest BCUT2D eigenvalue weighted by atomic mass is 10.00. The molecule has 0 spiro atoms. The predicted molar refractivity (Wildman–Crippen MR) is 85.8 cm³/mol. The smallest absolute Gasteiger partial charge is 0.272 e. The molecule has 0 saturated carbocycles. The fraction of sp³-hybridized carbons (Fsp3) is 0.588. The van der Waals surface area contributed by atoms with Gasteiger partial charge in [0, 0.05) is 31.4 Å². The Bertz CT molecular complexity index is 530. The molecule has 22 heavy (non-hydrogen) atoms. The molecule has 0 aromatic carbocycles. The quantitative estimate of drug-likeness (QED) is 0.850. The van der Waals surface area contributed by atoms with Crippen LogP contribution in [-0.4, -0.2) is 41.3 Å². The second-order valence-electron chi connectivity index (χ2n) is 6.04. The number of carbonyl (C=O) groups excluding carboxylic acids is 2. The average Bonchev–Trinajstić information content (AvgIpc) is 2.54. The molecule has 5 nitrogen and oxygen atoms in total. The van der Waals surface area contributed by atoms with Gasteiger partial charge in [-0.3, -0.25) is 14.6 Å². The molecule has 120 valence electrons. The van der Waals surface area contributed by atoms with Crippen LogP contribution < -0.4 is 5.32 Å². The van der Waals surface area contributed by atoms with Gasteiger partial charge in [0.05, 0.1) is 0 Å². The average molecular weight is 303 g/mol. The van der Waals surface area contributed by atoms with Crippen LogP contribution in [0.2, 0.25) is 0 Å². The van der Waals surface area contributed by atoms with Gasteiger partial charge in [0.2, 0.25) is 0 Å². The van der Waals surface area contributed by atoms with E-state index in [1.54, 1.807) is 12.1 Å². The van der Waals surface area contributed by atoms with Gasteiger partial charge in [0.15, 0.2) is 0 Å². The van der Waals surface area contributed by atoms with Crippen LogP contribution in [0.1, 0.15) is 60.4 Å². The molecular weight excluding hydrogens is 278 g/mol. The van der Waals surface area contributed by atoms with Crippen LogP contribution in [0, 0.1) is 5.92 Å². The number of rotatable bonds is 5. The highest BCUT2D eigenvalue weighted by Gasteiger charge is 2.23. The van der Waals surface area contributed by atoms with Crippen molar-refractivity contribution in [1.82, 2.24) is 15.2 Å². The number of unbranched alkanes of at least 4 members (excludes halogenated alkanes) is 1. The summed E-state index contributed by atoms with van der Waals surface area (Å²) in [4.78, 5) is 30.6. The molecule has 1 aliphatic rings. The number of carbonyl (C=O) groups is 2. The van der Waals surface area contributed by atoms with Gasteiger partial charge >= 0.3 is 0 Å². The van der Waals surface area contributed by atoms with Crippen LogP contribution in [0.3, 0.4) is 0 Å². The van der Waals surface area contributed by atoms with Crippen molar-refractivity contribution in [3.8, 4) is 0 Å². The van der Waals surface area contributed by atoms with E-state index in [1.807, 2.05) is 4.90 Å². The molecule has 1 aliphatic heterocycles.